The number of aliphatic hydroxyl groups is 2. The van der Waals surface area contributed by atoms with Crippen LogP contribution >= 0.6 is 0 Å². The average molecular weight is 520 g/mol. The Morgan fingerprint density at radius 3 is 2.78 bits per heavy atom. The minimum absolute atomic E-state index is 0.0140. The Labute approximate surface area is 210 Å². The van der Waals surface area contributed by atoms with Crippen LogP contribution in [0, 0.1) is 11.6 Å². The van der Waals surface area contributed by atoms with Crippen molar-refractivity contribution >= 4 is 16.8 Å². The Kier molecular flexibility index (Phi) is 8.00. The van der Waals surface area contributed by atoms with E-state index in [1.54, 1.807) is 0 Å². The fourth-order valence-corrected chi connectivity index (χ4v) is 4.01. The maximum Gasteiger partial charge on any atom is 0.287 e. The smallest absolute Gasteiger partial charge is 0.287 e. The van der Waals surface area contributed by atoms with Crippen molar-refractivity contribution in [2.75, 3.05) is 26.9 Å². The quantitative estimate of drug-likeness (QED) is 0.335. The highest BCUT2D eigenvalue weighted by molar-refractivity contribution is 5.93. The third-order valence-corrected chi connectivity index (χ3v) is 6.16. The summed E-state index contributed by atoms with van der Waals surface area (Å²) >= 11 is 0. The number of carbonyl (C=O) groups is 1. The molecule has 12 heteroatoms. The second kappa shape index (κ2) is 11.2. The van der Waals surface area contributed by atoms with Crippen molar-refractivity contribution in [2.45, 2.75) is 37.5 Å². The van der Waals surface area contributed by atoms with Gasteiger partial charge in [0, 0.05) is 13.0 Å². The van der Waals surface area contributed by atoms with Crippen LogP contribution in [0.1, 0.15) is 35.4 Å². The average Bonchev–Trinajstić information content (AvgIpc) is 2.90. The lowest BCUT2D eigenvalue weighted by Crippen LogP contribution is -2.45. The molecule has 2 atom stereocenters. The Balaban J connectivity index is 1.44. The molecule has 1 amide bonds. The molecule has 4 rings (SSSR count). The summed E-state index contributed by atoms with van der Waals surface area (Å²) in [5.41, 5.74) is -1.38. The minimum atomic E-state index is -1.26. The van der Waals surface area contributed by atoms with Crippen molar-refractivity contribution in [3.63, 3.8) is 0 Å². The molecule has 2 unspecified atom stereocenters. The fourth-order valence-electron chi connectivity index (χ4n) is 4.01. The molecule has 0 spiro atoms. The van der Waals surface area contributed by atoms with Gasteiger partial charge >= 0.3 is 0 Å². The molecule has 1 saturated heterocycles. The zero-order valence-electron chi connectivity index (χ0n) is 20.1. The molecule has 0 saturated carbocycles. The second-order valence-electron chi connectivity index (χ2n) is 8.83. The van der Waals surface area contributed by atoms with Crippen molar-refractivity contribution in [3.8, 4) is 11.5 Å². The van der Waals surface area contributed by atoms with Gasteiger partial charge in [0.2, 0.25) is 0 Å². The molecule has 2 heterocycles. The highest BCUT2D eigenvalue weighted by Crippen LogP contribution is 2.27. The lowest BCUT2D eigenvalue weighted by molar-refractivity contribution is -0.141. The standard InChI is InChI=1S/C25H27F2N3O7/c1-35-19-10-14(2-3-16(19)26)11-28-24(33)22-29-18-5-4-17(27)21(20(18)23(32)30-22)36-9-7-15-6-8-25(34,12-31)13-37-15/h2-5,10,15,31,34H,6-9,11-13H2,1H3,(H,28,33)(H,29,30,32). The molecular weight excluding hydrogens is 492 g/mol. The first kappa shape index (κ1) is 26.5. The van der Waals surface area contributed by atoms with Gasteiger partial charge in [-0.1, -0.05) is 6.07 Å². The summed E-state index contributed by atoms with van der Waals surface area (Å²) in [5.74, 6) is -2.54. The molecule has 4 N–H and O–H groups in total. The maximum absolute atomic E-state index is 14.6. The van der Waals surface area contributed by atoms with E-state index in [2.05, 4.69) is 15.3 Å². The van der Waals surface area contributed by atoms with E-state index in [1.807, 2.05) is 0 Å². The van der Waals surface area contributed by atoms with Gasteiger partial charge in [-0.05, 0) is 42.7 Å². The summed E-state index contributed by atoms with van der Waals surface area (Å²) < 4.78 is 44.2. The van der Waals surface area contributed by atoms with Gasteiger partial charge in [0.15, 0.2) is 29.0 Å². The predicted molar refractivity (Wildman–Crippen MR) is 128 cm³/mol. The highest BCUT2D eigenvalue weighted by Gasteiger charge is 2.33. The lowest BCUT2D eigenvalue weighted by Gasteiger charge is -2.34. The number of aliphatic hydroxyl groups excluding tert-OH is 1. The largest absolute Gasteiger partial charge is 0.494 e. The summed E-state index contributed by atoms with van der Waals surface area (Å²) in [6.07, 6.45) is 0.971. The maximum atomic E-state index is 14.6. The van der Waals surface area contributed by atoms with Gasteiger partial charge < -0.3 is 34.7 Å². The first-order valence-electron chi connectivity index (χ1n) is 11.6. The normalized spacial score (nSPS) is 19.5. The summed E-state index contributed by atoms with van der Waals surface area (Å²) in [7, 11) is 1.33. The van der Waals surface area contributed by atoms with Gasteiger partial charge in [-0.2, -0.15) is 0 Å². The van der Waals surface area contributed by atoms with Gasteiger partial charge in [-0.25, -0.2) is 13.8 Å². The number of aromatic amines is 1. The molecule has 1 aliphatic heterocycles. The zero-order chi connectivity index (χ0) is 26.6. The van der Waals surface area contributed by atoms with Crippen LogP contribution in [0.3, 0.4) is 0 Å². The Morgan fingerprint density at radius 2 is 2.08 bits per heavy atom. The van der Waals surface area contributed by atoms with Gasteiger partial charge in [0.25, 0.3) is 11.5 Å². The number of benzene rings is 2. The molecule has 3 aromatic rings. The second-order valence-corrected chi connectivity index (χ2v) is 8.83. The summed E-state index contributed by atoms with van der Waals surface area (Å²) in [5, 5.41) is 21.7. The number of nitrogens with one attached hydrogen (secondary N) is 2. The van der Waals surface area contributed by atoms with Crippen molar-refractivity contribution in [1.29, 1.82) is 0 Å². The van der Waals surface area contributed by atoms with Gasteiger partial charge in [0.05, 0.1) is 38.6 Å². The van der Waals surface area contributed by atoms with E-state index >= 15 is 0 Å². The van der Waals surface area contributed by atoms with Crippen LogP contribution < -0.4 is 20.3 Å². The summed E-state index contributed by atoms with van der Waals surface area (Å²) in [4.78, 5) is 31.9. The molecule has 2 aromatic carbocycles. The first-order valence-corrected chi connectivity index (χ1v) is 11.6. The number of carbonyl (C=O) groups excluding carboxylic acids is 1. The van der Waals surface area contributed by atoms with E-state index in [9.17, 15) is 28.6 Å². The number of aromatic nitrogens is 2. The molecule has 1 aromatic heterocycles. The number of amides is 1. The first-order chi connectivity index (χ1) is 17.7. The van der Waals surface area contributed by atoms with Crippen molar-refractivity contribution in [1.82, 2.24) is 15.3 Å². The lowest BCUT2D eigenvalue weighted by atomic mass is 9.93. The van der Waals surface area contributed by atoms with Crippen LogP contribution in [-0.4, -0.2) is 64.7 Å². The molecule has 37 heavy (non-hydrogen) atoms. The van der Waals surface area contributed by atoms with Gasteiger partial charge in [-0.15, -0.1) is 0 Å². The third kappa shape index (κ3) is 6.04. The van der Waals surface area contributed by atoms with E-state index < -0.39 is 35.3 Å². The molecule has 10 nitrogen and oxygen atoms in total. The SMILES string of the molecule is COc1cc(CNC(=O)c2nc3ccc(F)c(OCCC4CCC(O)(CO)CO4)c3c(=O)[nH]2)ccc1F. The molecule has 0 bridgehead atoms. The number of rotatable bonds is 9. The van der Waals surface area contributed by atoms with Crippen LogP contribution in [0.2, 0.25) is 0 Å². The monoisotopic (exact) mass is 519 g/mol. The van der Waals surface area contributed by atoms with E-state index in [4.69, 9.17) is 14.2 Å². The number of halogens is 2. The summed E-state index contributed by atoms with van der Waals surface area (Å²) in [6, 6.07) is 6.49. The van der Waals surface area contributed by atoms with Crippen molar-refractivity contribution in [2.24, 2.45) is 0 Å². The Morgan fingerprint density at radius 1 is 1.30 bits per heavy atom. The van der Waals surface area contributed by atoms with E-state index in [0.717, 1.165) is 6.07 Å². The molecular formula is C25H27F2N3O7. The predicted octanol–water partition coefficient (Wildman–Crippen LogP) is 1.81. The number of fused-ring (bicyclic) bond motifs is 1. The number of hydrogen-bond acceptors (Lipinski definition) is 8. The fraction of sp³-hybridized carbons (Fsp3) is 0.400. The number of ether oxygens (including phenoxy) is 3. The minimum Gasteiger partial charge on any atom is -0.494 e. The molecule has 0 radical (unpaired) electrons. The van der Waals surface area contributed by atoms with E-state index in [-0.39, 0.29) is 54.1 Å². The van der Waals surface area contributed by atoms with Gasteiger partial charge in [0.1, 0.15) is 11.0 Å². The molecule has 1 fully saturated rings. The topological polar surface area (TPSA) is 143 Å². The van der Waals surface area contributed by atoms with E-state index in [0.29, 0.717) is 24.8 Å². The third-order valence-electron chi connectivity index (χ3n) is 6.16. The number of nitrogens with zero attached hydrogens (tertiary/aromatic N) is 1. The molecule has 198 valence electrons. The van der Waals surface area contributed by atoms with Gasteiger partial charge in [-0.3, -0.25) is 9.59 Å². The summed E-state index contributed by atoms with van der Waals surface area (Å²) in [6.45, 7) is -0.358. The number of methoxy groups -OCH3 is 1. The van der Waals surface area contributed by atoms with Crippen molar-refractivity contribution in [3.05, 3.63) is 63.7 Å². The van der Waals surface area contributed by atoms with Crippen LogP contribution in [-0.2, 0) is 11.3 Å². The molecule has 0 aliphatic carbocycles. The van der Waals surface area contributed by atoms with Crippen LogP contribution in [0.4, 0.5) is 8.78 Å². The highest BCUT2D eigenvalue weighted by atomic mass is 19.1. The van der Waals surface area contributed by atoms with E-state index in [1.165, 1.54) is 31.4 Å². The Bertz CT molecular complexity index is 1340. The van der Waals surface area contributed by atoms with Crippen molar-refractivity contribution < 1.29 is 38.0 Å². The van der Waals surface area contributed by atoms with Crippen LogP contribution in [0.15, 0.2) is 35.1 Å². The number of hydrogen-bond donors (Lipinski definition) is 4. The molecule has 1 aliphatic rings. The van der Waals surface area contributed by atoms with Crippen LogP contribution in [0.25, 0.3) is 10.9 Å². The Hall–Kier alpha value is -3.61. The number of H-pyrrole nitrogens is 1. The zero-order valence-corrected chi connectivity index (χ0v) is 20.1. The van der Waals surface area contributed by atoms with Crippen LogP contribution in [0.5, 0.6) is 11.5 Å².